The molecule has 182 valence electrons. The molecular weight excluding hydrogens is 434 g/mol. The van der Waals surface area contributed by atoms with Gasteiger partial charge in [-0.25, -0.2) is 4.79 Å². The number of aryl methyl sites for hydroxylation is 1. The fraction of sp³-hybridized carbons (Fsp3) is 0.600. The molecule has 0 radical (unpaired) electrons. The van der Waals surface area contributed by atoms with Crippen LogP contribution in [0.3, 0.4) is 0 Å². The van der Waals surface area contributed by atoms with Crippen LogP contribution in [0.5, 0.6) is 0 Å². The molecule has 1 aromatic heterocycles. The van der Waals surface area contributed by atoms with Gasteiger partial charge in [0.25, 0.3) is 0 Å². The van der Waals surface area contributed by atoms with Gasteiger partial charge in [-0.05, 0) is 68.6 Å². The van der Waals surface area contributed by atoms with Crippen molar-refractivity contribution < 1.29 is 14.4 Å². The Morgan fingerprint density at radius 1 is 0.971 bits per heavy atom. The molecule has 3 fully saturated rings. The second-order valence-electron chi connectivity index (χ2n) is 10.1. The Hall–Kier alpha value is -2.94. The summed E-state index contributed by atoms with van der Waals surface area (Å²) in [6.07, 6.45) is 6.00. The summed E-state index contributed by atoms with van der Waals surface area (Å²) in [6, 6.07) is 5.56. The van der Waals surface area contributed by atoms with Gasteiger partial charge in [-0.2, -0.15) is 0 Å². The number of imidazole rings is 1. The maximum Gasteiger partial charge on any atom is 0.329 e. The van der Waals surface area contributed by atoms with Crippen LogP contribution in [0.15, 0.2) is 23.0 Å². The summed E-state index contributed by atoms with van der Waals surface area (Å²) in [7, 11) is 1.72. The molecule has 1 atom stereocenters. The number of fused-ring (bicyclic) bond motifs is 1. The van der Waals surface area contributed by atoms with Crippen LogP contribution in [0.2, 0.25) is 0 Å². The Morgan fingerprint density at radius 3 is 2.35 bits per heavy atom. The number of benzene rings is 1. The molecule has 2 saturated heterocycles. The number of aromatic nitrogens is 2. The third-order valence-corrected chi connectivity index (χ3v) is 8.03. The van der Waals surface area contributed by atoms with E-state index in [2.05, 4.69) is 5.32 Å². The van der Waals surface area contributed by atoms with Crippen molar-refractivity contribution in [1.29, 1.82) is 0 Å². The van der Waals surface area contributed by atoms with E-state index in [0.29, 0.717) is 17.9 Å². The van der Waals surface area contributed by atoms with Crippen molar-refractivity contribution >= 4 is 28.8 Å². The molecule has 34 heavy (non-hydrogen) atoms. The van der Waals surface area contributed by atoms with E-state index in [1.54, 1.807) is 11.6 Å². The quantitative estimate of drug-likeness (QED) is 0.664. The molecular formula is C25H33N5O4. The highest BCUT2D eigenvalue weighted by atomic mass is 16.2. The SMILES string of the molecule is Cn1c(=O)n(C2CCC(=O)NC2=O)c2ccc(C3CCN(C(=O)C4CCC(N)CC4)CC3)cc21. The summed E-state index contributed by atoms with van der Waals surface area (Å²) in [5, 5.41) is 2.35. The first-order valence-corrected chi connectivity index (χ1v) is 12.4. The van der Waals surface area contributed by atoms with E-state index in [-0.39, 0.29) is 35.9 Å². The minimum absolute atomic E-state index is 0.120. The van der Waals surface area contributed by atoms with Gasteiger partial charge in [-0.1, -0.05) is 6.07 Å². The molecule has 1 saturated carbocycles. The number of piperidine rings is 2. The number of amides is 3. The molecule has 3 N–H and O–H groups in total. The van der Waals surface area contributed by atoms with E-state index in [0.717, 1.165) is 62.7 Å². The van der Waals surface area contributed by atoms with Gasteiger partial charge in [0.1, 0.15) is 6.04 Å². The predicted octanol–water partition coefficient (Wildman–Crippen LogP) is 1.54. The van der Waals surface area contributed by atoms with Crippen LogP contribution in [-0.2, 0) is 21.4 Å². The van der Waals surface area contributed by atoms with Crippen molar-refractivity contribution in [3.8, 4) is 0 Å². The molecule has 1 aromatic carbocycles. The lowest BCUT2D eigenvalue weighted by molar-refractivity contribution is -0.138. The van der Waals surface area contributed by atoms with Crippen LogP contribution >= 0.6 is 0 Å². The lowest BCUT2D eigenvalue weighted by Crippen LogP contribution is -2.44. The van der Waals surface area contributed by atoms with E-state index in [4.69, 9.17) is 5.73 Å². The second kappa shape index (κ2) is 9.02. The predicted molar refractivity (Wildman–Crippen MR) is 127 cm³/mol. The highest BCUT2D eigenvalue weighted by Crippen LogP contribution is 2.33. The van der Waals surface area contributed by atoms with E-state index in [1.165, 1.54) is 4.57 Å². The monoisotopic (exact) mass is 467 g/mol. The van der Waals surface area contributed by atoms with Crippen LogP contribution in [0, 0.1) is 5.92 Å². The van der Waals surface area contributed by atoms with Gasteiger partial charge < -0.3 is 10.6 Å². The zero-order chi connectivity index (χ0) is 24.0. The summed E-state index contributed by atoms with van der Waals surface area (Å²) < 4.78 is 3.09. The number of nitrogens with zero attached hydrogens (tertiary/aromatic N) is 3. The van der Waals surface area contributed by atoms with Crippen LogP contribution in [0.1, 0.15) is 68.9 Å². The minimum Gasteiger partial charge on any atom is -0.342 e. The highest BCUT2D eigenvalue weighted by molar-refractivity contribution is 6.00. The number of hydrogen-bond donors (Lipinski definition) is 2. The molecule has 2 aliphatic heterocycles. The number of hydrogen-bond acceptors (Lipinski definition) is 5. The normalized spacial score (nSPS) is 26.6. The van der Waals surface area contributed by atoms with Gasteiger partial charge in [-0.15, -0.1) is 0 Å². The Kier molecular flexibility index (Phi) is 6.06. The molecule has 5 rings (SSSR count). The summed E-state index contributed by atoms with van der Waals surface area (Å²) in [4.78, 5) is 51.9. The number of nitrogens with two attached hydrogens (primary N) is 1. The number of carbonyl (C=O) groups is 3. The van der Waals surface area contributed by atoms with Crippen molar-refractivity contribution in [3.05, 3.63) is 34.2 Å². The third-order valence-electron chi connectivity index (χ3n) is 8.03. The first-order valence-electron chi connectivity index (χ1n) is 12.4. The fourth-order valence-corrected chi connectivity index (χ4v) is 5.92. The molecule has 0 spiro atoms. The Morgan fingerprint density at radius 2 is 1.68 bits per heavy atom. The molecule has 1 aliphatic carbocycles. The molecule has 3 heterocycles. The number of nitrogens with one attached hydrogen (secondary N) is 1. The molecule has 9 nitrogen and oxygen atoms in total. The second-order valence-corrected chi connectivity index (χ2v) is 10.1. The summed E-state index contributed by atoms with van der Waals surface area (Å²) in [5.41, 5.74) is 8.37. The van der Waals surface area contributed by atoms with Gasteiger partial charge >= 0.3 is 5.69 Å². The molecule has 1 unspecified atom stereocenters. The minimum atomic E-state index is -0.677. The smallest absolute Gasteiger partial charge is 0.329 e. The molecule has 3 amide bonds. The highest BCUT2D eigenvalue weighted by Gasteiger charge is 2.33. The lowest BCUT2D eigenvalue weighted by atomic mass is 9.84. The van der Waals surface area contributed by atoms with Crippen molar-refractivity contribution in [2.45, 2.75) is 69.4 Å². The average Bonchev–Trinajstić information content (AvgIpc) is 3.09. The molecule has 0 bridgehead atoms. The molecule has 3 aliphatic rings. The Bertz CT molecular complexity index is 1180. The number of rotatable bonds is 3. The van der Waals surface area contributed by atoms with Gasteiger partial charge in [0.15, 0.2) is 0 Å². The molecule has 9 heteroatoms. The zero-order valence-electron chi connectivity index (χ0n) is 19.7. The van der Waals surface area contributed by atoms with E-state index >= 15 is 0 Å². The Balaban J connectivity index is 1.31. The van der Waals surface area contributed by atoms with Gasteiger partial charge in [0, 0.05) is 38.5 Å². The topological polar surface area (TPSA) is 119 Å². The lowest BCUT2D eigenvalue weighted by Gasteiger charge is -2.36. The third kappa shape index (κ3) is 4.06. The van der Waals surface area contributed by atoms with E-state index in [1.807, 2.05) is 23.1 Å². The van der Waals surface area contributed by atoms with Crippen molar-refractivity contribution in [1.82, 2.24) is 19.4 Å². The van der Waals surface area contributed by atoms with E-state index in [9.17, 15) is 19.2 Å². The van der Waals surface area contributed by atoms with Crippen molar-refractivity contribution in [2.75, 3.05) is 13.1 Å². The summed E-state index contributed by atoms with van der Waals surface area (Å²) >= 11 is 0. The zero-order valence-corrected chi connectivity index (χ0v) is 19.7. The number of imide groups is 1. The summed E-state index contributed by atoms with van der Waals surface area (Å²) in [5.74, 6) is 0.00156. The van der Waals surface area contributed by atoms with Gasteiger partial charge in [0.2, 0.25) is 17.7 Å². The maximum atomic E-state index is 13.0. The van der Waals surface area contributed by atoms with Crippen LogP contribution in [-0.4, -0.2) is 50.9 Å². The van der Waals surface area contributed by atoms with Gasteiger partial charge in [-0.3, -0.25) is 28.8 Å². The number of likely N-dealkylation sites (tertiary alicyclic amines) is 1. The van der Waals surface area contributed by atoms with Crippen molar-refractivity contribution in [3.63, 3.8) is 0 Å². The summed E-state index contributed by atoms with van der Waals surface area (Å²) in [6.45, 7) is 1.50. The first kappa shape index (κ1) is 22.8. The largest absolute Gasteiger partial charge is 0.342 e. The van der Waals surface area contributed by atoms with Crippen molar-refractivity contribution in [2.24, 2.45) is 18.7 Å². The van der Waals surface area contributed by atoms with Crippen LogP contribution in [0.4, 0.5) is 0 Å². The first-order chi connectivity index (χ1) is 16.3. The number of carbonyl (C=O) groups excluding carboxylic acids is 3. The van der Waals surface area contributed by atoms with Crippen LogP contribution in [0.25, 0.3) is 11.0 Å². The van der Waals surface area contributed by atoms with Gasteiger partial charge in [0.05, 0.1) is 11.0 Å². The fourth-order valence-electron chi connectivity index (χ4n) is 5.92. The average molecular weight is 468 g/mol. The molecule has 2 aromatic rings. The maximum absolute atomic E-state index is 13.0. The van der Waals surface area contributed by atoms with E-state index < -0.39 is 11.9 Å². The van der Waals surface area contributed by atoms with Crippen LogP contribution < -0.4 is 16.7 Å². The standard InChI is InChI=1S/C25H33N5O4/c1-28-21-14-17(4-7-19(21)30(25(28)34)20-8-9-22(31)27-23(20)32)15-10-12-29(13-11-15)24(33)16-2-5-18(26)6-3-16/h4,7,14-16,18,20H,2-3,5-6,8-13,26H2,1H3,(H,27,31,32). The Labute approximate surface area is 198 Å².